The third-order valence-electron chi connectivity index (χ3n) is 4.46. The average molecular weight is 348 g/mol. The number of nitro benzene ring substituents is 1. The number of rotatable bonds is 5. The van der Waals surface area contributed by atoms with E-state index in [0.717, 1.165) is 12.8 Å². The van der Waals surface area contributed by atoms with Crippen molar-refractivity contribution in [3.8, 4) is 0 Å². The Morgan fingerprint density at radius 1 is 1.36 bits per heavy atom. The van der Waals surface area contributed by atoms with Gasteiger partial charge in [-0.15, -0.1) is 0 Å². The topological polar surface area (TPSA) is 105 Å². The smallest absolute Gasteiger partial charge is 0.317 e. The summed E-state index contributed by atoms with van der Waals surface area (Å²) in [6, 6.07) is 5.80. The highest BCUT2D eigenvalue weighted by Crippen LogP contribution is 2.20. The van der Waals surface area contributed by atoms with E-state index in [4.69, 9.17) is 0 Å². The summed E-state index contributed by atoms with van der Waals surface area (Å²) in [6.07, 6.45) is 1.69. The number of carbonyl (C=O) groups excluding carboxylic acids is 2. The second-order valence-electron chi connectivity index (χ2n) is 6.39. The standard InChI is InChI=1S/C17H24N4O4/c1-12(15-4-3-5-16(10-15)21(24)25)19-17(23)20-8-6-14(7-9-20)11-18-13(2)22/h3-5,10,12,14H,6-9,11H2,1-2H3,(H,18,22)(H,19,23). The summed E-state index contributed by atoms with van der Waals surface area (Å²) in [4.78, 5) is 35.5. The molecule has 1 atom stereocenters. The van der Waals surface area contributed by atoms with Crippen LogP contribution in [0.25, 0.3) is 0 Å². The Labute approximate surface area is 146 Å². The second kappa shape index (κ2) is 8.46. The van der Waals surface area contributed by atoms with Crippen molar-refractivity contribution in [1.82, 2.24) is 15.5 Å². The highest BCUT2D eigenvalue weighted by Gasteiger charge is 2.24. The number of carbonyl (C=O) groups is 2. The van der Waals surface area contributed by atoms with Crippen LogP contribution in [0.5, 0.6) is 0 Å². The van der Waals surface area contributed by atoms with Crippen molar-refractivity contribution < 1.29 is 14.5 Å². The highest BCUT2D eigenvalue weighted by atomic mass is 16.6. The maximum atomic E-state index is 12.4. The Balaban J connectivity index is 1.85. The van der Waals surface area contributed by atoms with Crippen LogP contribution in [0.15, 0.2) is 24.3 Å². The number of nitrogens with one attached hydrogen (secondary N) is 2. The first-order valence-corrected chi connectivity index (χ1v) is 8.41. The van der Waals surface area contributed by atoms with Gasteiger partial charge in [-0.1, -0.05) is 12.1 Å². The molecular formula is C17H24N4O4. The van der Waals surface area contributed by atoms with Gasteiger partial charge in [0, 0.05) is 38.7 Å². The fraction of sp³-hybridized carbons (Fsp3) is 0.529. The lowest BCUT2D eigenvalue weighted by atomic mass is 9.97. The van der Waals surface area contributed by atoms with Gasteiger partial charge in [0.1, 0.15) is 0 Å². The Bertz CT molecular complexity index is 641. The van der Waals surface area contributed by atoms with Crippen molar-refractivity contribution in [2.24, 2.45) is 5.92 Å². The molecular weight excluding hydrogens is 324 g/mol. The molecule has 8 heteroatoms. The number of nitro groups is 1. The monoisotopic (exact) mass is 348 g/mol. The van der Waals surface area contributed by atoms with Crippen LogP contribution in [-0.4, -0.2) is 41.4 Å². The van der Waals surface area contributed by atoms with Crippen LogP contribution in [-0.2, 0) is 4.79 Å². The van der Waals surface area contributed by atoms with E-state index in [-0.39, 0.29) is 23.7 Å². The molecule has 1 aliphatic rings. The van der Waals surface area contributed by atoms with Crippen LogP contribution in [0.3, 0.4) is 0 Å². The second-order valence-corrected chi connectivity index (χ2v) is 6.39. The van der Waals surface area contributed by atoms with Crippen LogP contribution < -0.4 is 10.6 Å². The predicted octanol–water partition coefficient (Wildman–Crippen LogP) is 2.21. The minimum atomic E-state index is -0.447. The Morgan fingerprint density at radius 2 is 2.04 bits per heavy atom. The molecule has 1 aliphatic heterocycles. The largest absolute Gasteiger partial charge is 0.356 e. The lowest BCUT2D eigenvalue weighted by Gasteiger charge is -2.33. The Morgan fingerprint density at radius 3 is 2.64 bits per heavy atom. The molecule has 136 valence electrons. The van der Waals surface area contributed by atoms with Crippen molar-refractivity contribution in [1.29, 1.82) is 0 Å². The lowest BCUT2D eigenvalue weighted by molar-refractivity contribution is -0.384. The summed E-state index contributed by atoms with van der Waals surface area (Å²) in [6.45, 7) is 5.22. The van der Waals surface area contributed by atoms with E-state index in [1.807, 2.05) is 0 Å². The summed E-state index contributed by atoms with van der Waals surface area (Å²) in [5.41, 5.74) is 0.709. The fourth-order valence-electron chi connectivity index (χ4n) is 2.90. The van der Waals surface area contributed by atoms with Crippen LogP contribution in [0.1, 0.15) is 38.3 Å². The van der Waals surface area contributed by atoms with Gasteiger partial charge in [0.15, 0.2) is 0 Å². The quantitative estimate of drug-likeness (QED) is 0.629. The van der Waals surface area contributed by atoms with Gasteiger partial charge < -0.3 is 15.5 Å². The van der Waals surface area contributed by atoms with E-state index in [1.165, 1.54) is 19.1 Å². The maximum absolute atomic E-state index is 12.4. The van der Waals surface area contributed by atoms with Crippen molar-refractivity contribution >= 4 is 17.6 Å². The van der Waals surface area contributed by atoms with E-state index in [0.29, 0.717) is 31.1 Å². The molecule has 1 aromatic carbocycles. The Hall–Kier alpha value is -2.64. The molecule has 1 fully saturated rings. The number of benzene rings is 1. The van der Waals surface area contributed by atoms with Crippen LogP contribution in [0.4, 0.5) is 10.5 Å². The molecule has 0 aliphatic carbocycles. The number of hydrogen-bond acceptors (Lipinski definition) is 4. The molecule has 1 saturated heterocycles. The minimum Gasteiger partial charge on any atom is -0.356 e. The molecule has 3 amide bonds. The van der Waals surface area contributed by atoms with Crippen molar-refractivity contribution in [3.05, 3.63) is 39.9 Å². The fourth-order valence-corrected chi connectivity index (χ4v) is 2.90. The van der Waals surface area contributed by atoms with Crippen LogP contribution in [0, 0.1) is 16.0 Å². The van der Waals surface area contributed by atoms with Crippen molar-refractivity contribution in [2.75, 3.05) is 19.6 Å². The molecule has 0 radical (unpaired) electrons. The third-order valence-corrected chi connectivity index (χ3v) is 4.46. The number of urea groups is 1. The number of hydrogen-bond donors (Lipinski definition) is 2. The third kappa shape index (κ3) is 5.44. The molecule has 8 nitrogen and oxygen atoms in total. The summed E-state index contributed by atoms with van der Waals surface area (Å²) in [7, 11) is 0. The normalized spacial score (nSPS) is 16.2. The summed E-state index contributed by atoms with van der Waals surface area (Å²) < 4.78 is 0. The number of non-ortho nitro benzene ring substituents is 1. The SMILES string of the molecule is CC(=O)NCC1CCN(C(=O)NC(C)c2cccc([N+](=O)[O-])c2)CC1. The van der Waals surface area contributed by atoms with Gasteiger partial charge in [-0.2, -0.15) is 0 Å². The first-order chi connectivity index (χ1) is 11.9. The lowest BCUT2D eigenvalue weighted by Crippen LogP contribution is -2.46. The minimum absolute atomic E-state index is 0.0115. The van der Waals surface area contributed by atoms with Crippen LogP contribution >= 0.6 is 0 Å². The molecule has 0 saturated carbocycles. The molecule has 1 aromatic rings. The highest BCUT2D eigenvalue weighted by molar-refractivity contribution is 5.75. The average Bonchev–Trinajstić information content (AvgIpc) is 2.60. The maximum Gasteiger partial charge on any atom is 0.317 e. The van der Waals surface area contributed by atoms with Crippen molar-refractivity contribution in [3.63, 3.8) is 0 Å². The predicted molar refractivity (Wildman–Crippen MR) is 93.0 cm³/mol. The zero-order chi connectivity index (χ0) is 18.4. The zero-order valence-corrected chi connectivity index (χ0v) is 14.5. The molecule has 0 bridgehead atoms. The summed E-state index contributed by atoms with van der Waals surface area (Å²) in [5.74, 6) is 0.355. The van der Waals surface area contributed by atoms with E-state index >= 15 is 0 Å². The van der Waals surface area contributed by atoms with Gasteiger partial charge >= 0.3 is 6.03 Å². The van der Waals surface area contributed by atoms with Gasteiger partial charge in [0.05, 0.1) is 11.0 Å². The molecule has 1 unspecified atom stereocenters. The van der Waals surface area contributed by atoms with E-state index in [1.54, 1.807) is 24.0 Å². The van der Waals surface area contributed by atoms with Gasteiger partial charge in [-0.3, -0.25) is 14.9 Å². The van der Waals surface area contributed by atoms with Gasteiger partial charge in [-0.25, -0.2) is 4.79 Å². The number of nitrogens with zero attached hydrogens (tertiary/aromatic N) is 2. The molecule has 2 N–H and O–H groups in total. The summed E-state index contributed by atoms with van der Waals surface area (Å²) in [5, 5.41) is 16.6. The zero-order valence-electron chi connectivity index (χ0n) is 14.5. The van der Waals surface area contributed by atoms with E-state index in [2.05, 4.69) is 10.6 Å². The summed E-state index contributed by atoms with van der Waals surface area (Å²) >= 11 is 0. The molecule has 2 rings (SSSR count). The van der Waals surface area contributed by atoms with Gasteiger partial charge in [-0.05, 0) is 31.2 Å². The van der Waals surface area contributed by atoms with Crippen LogP contribution in [0.2, 0.25) is 0 Å². The van der Waals surface area contributed by atoms with E-state index < -0.39 is 4.92 Å². The van der Waals surface area contributed by atoms with Gasteiger partial charge in [0.25, 0.3) is 5.69 Å². The number of amides is 3. The van der Waals surface area contributed by atoms with Crippen molar-refractivity contribution in [2.45, 2.75) is 32.7 Å². The number of likely N-dealkylation sites (tertiary alicyclic amines) is 1. The number of piperidine rings is 1. The van der Waals surface area contributed by atoms with Gasteiger partial charge in [0.2, 0.25) is 5.91 Å². The van der Waals surface area contributed by atoms with E-state index in [9.17, 15) is 19.7 Å². The first-order valence-electron chi connectivity index (χ1n) is 8.41. The first kappa shape index (κ1) is 18.7. The molecule has 0 aromatic heterocycles. The Kier molecular flexibility index (Phi) is 6.32. The molecule has 0 spiro atoms. The molecule has 25 heavy (non-hydrogen) atoms. The molecule has 1 heterocycles.